The highest BCUT2D eigenvalue weighted by Gasteiger charge is 2.36. The first-order valence-corrected chi connectivity index (χ1v) is 9.12. The zero-order chi connectivity index (χ0) is 15.8. The molecule has 0 radical (unpaired) electrons. The average molecular weight is 401 g/mol. The minimum atomic E-state index is -3.93. The Hall–Kier alpha value is -0.210. The first-order valence-electron chi connectivity index (χ1n) is 6.35. The topological polar surface area (TPSA) is 46.6 Å². The van der Waals surface area contributed by atoms with E-state index in [4.69, 9.17) is 16.3 Å². The number of ether oxygens (including phenoxy) is 1. The third kappa shape index (κ3) is 3.59. The lowest BCUT2D eigenvalue weighted by atomic mass is 10.1. The molecular weight excluding hydrogens is 385 g/mol. The Morgan fingerprint density at radius 1 is 1.48 bits per heavy atom. The number of benzene rings is 1. The van der Waals surface area contributed by atoms with Crippen LogP contribution < -0.4 is 0 Å². The smallest absolute Gasteiger partial charge is 0.246 e. The third-order valence-electron chi connectivity index (χ3n) is 3.23. The number of morpholine rings is 1. The first-order chi connectivity index (χ1) is 9.67. The van der Waals surface area contributed by atoms with E-state index in [9.17, 15) is 12.8 Å². The largest absolute Gasteiger partial charge is 0.373 e. The van der Waals surface area contributed by atoms with Crippen molar-refractivity contribution < 1.29 is 17.5 Å². The predicted molar refractivity (Wildman–Crippen MR) is 82.4 cm³/mol. The summed E-state index contributed by atoms with van der Waals surface area (Å²) in [7, 11) is -3.93. The summed E-state index contributed by atoms with van der Waals surface area (Å²) in [6.07, 6.45) is 0. The molecule has 1 heterocycles. The Kier molecular flexibility index (Phi) is 5.00. The minimum Gasteiger partial charge on any atom is -0.373 e. The second kappa shape index (κ2) is 6.12. The molecule has 0 N–H and O–H groups in total. The number of rotatable bonds is 3. The van der Waals surface area contributed by atoms with Crippen molar-refractivity contribution in [3.8, 4) is 0 Å². The van der Waals surface area contributed by atoms with Crippen LogP contribution in [0.1, 0.15) is 19.4 Å². The Labute approximate surface area is 137 Å². The maximum atomic E-state index is 14.4. The summed E-state index contributed by atoms with van der Waals surface area (Å²) in [5.74, 6) is -0.889. The van der Waals surface area contributed by atoms with Crippen LogP contribution in [0.3, 0.4) is 0 Å². The summed E-state index contributed by atoms with van der Waals surface area (Å²) in [5, 5.41) is 0. The number of hydrogen-bond acceptors (Lipinski definition) is 3. The molecule has 1 saturated heterocycles. The van der Waals surface area contributed by atoms with Crippen LogP contribution >= 0.6 is 27.5 Å². The van der Waals surface area contributed by atoms with Gasteiger partial charge in [-0.05, 0) is 26.0 Å². The van der Waals surface area contributed by atoms with E-state index >= 15 is 0 Å². The highest BCUT2D eigenvalue weighted by atomic mass is 79.9. The van der Waals surface area contributed by atoms with Gasteiger partial charge in [0.05, 0.1) is 18.1 Å². The zero-order valence-electron chi connectivity index (χ0n) is 11.7. The van der Waals surface area contributed by atoms with Crippen LogP contribution in [0.5, 0.6) is 0 Å². The molecule has 1 aromatic carbocycles. The van der Waals surface area contributed by atoms with Gasteiger partial charge in [0.15, 0.2) is 0 Å². The van der Waals surface area contributed by atoms with Crippen LogP contribution in [0.4, 0.5) is 4.39 Å². The van der Waals surface area contributed by atoms with Crippen molar-refractivity contribution in [3.05, 3.63) is 28.0 Å². The van der Waals surface area contributed by atoms with E-state index in [1.54, 1.807) is 13.8 Å². The lowest BCUT2D eigenvalue weighted by molar-refractivity contribution is -0.0640. The molecule has 4 nitrogen and oxygen atoms in total. The van der Waals surface area contributed by atoms with Gasteiger partial charge in [0.25, 0.3) is 0 Å². The molecule has 8 heteroatoms. The van der Waals surface area contributed by atoms with E-state index in [0.29, 0.717) is 4.47 Å². The van der Waals surface area contributed by atoms with Crippen molar-refractivity contribution >= 4 is 37.6 Å². The van der Waals surface area contributed by atoms with Crippen molar-refractivity contribution in [2.45, 2.75) is 30.2 Å². The van der Waals surface area contributed by atoms with Gasteiger partial charge in [0.1, 0.15) is 10.7 Å². The molecule has 1 aromatic rings. The van der Waals surface area contributed by atoms with Crippen LogP contribution in [0.2, 0.25) is 0 Å². The SMILES string of the molecule is CC1(C)CN(S(=O)(=O)c2cc(Br)cc(CCl)c2F)CCO1. The number of nitrogens with zero attached hydrogens (tertiary/aromatic N) is 1. The molecule has 1 aliphatic rings. The summed E-state index contributed by atoms with van der Waals surface area (Å²) in [5.41, 5.74) is -0.444. The van der Waals surface area contributed by atoms with Crippen LogP contribution in [-0.2, 0) is 20.6 Å². The molecule has 0 bridgehead atoms. The molecular formula is C13H16BrClFNO3S. The van der Waals surface area contributed by atoms with E-state index in [0.717, 1.165) is 0 Å². The summed E-state index contributed by atoms with van der Waals surface area (Å²) >= 11 is 8.86. The normalized spacial score (nSPS) is 19.7. The van der Waals surface area contributed by atoms with Crippen LogP contribution in [0.15, 0.2) is 21.5 Å². The highest BCUT2D eigenvalue weighted by molar-refractivity contribution is 9.10. The number of halogens is 3. The van der Waals surface area contributed by atoms with E-state index in [2.05, 4.69) is 15.9 Å². The molecule has 0 aromatic heterocycles. The molecule has 0 atom stereocenters. The van der Waals surface area contributed by atoms with Gasteiger partial charge in [0.2, 0.25) is 10.0 Å². The summed E-state index contributed by atoms with van der Waals surface area (Å²) in [4.78, 5) is -0.356. The summed E-state index contributed by atoms with van der Waals surface area (Å²) in [6, 6.07) is 2.74. The Bertz CT molecular complexity index is 651. The summed E-state index contributed by atoms with van der Waals surface area (Å²) in [6.45, 7) is 4.27. The van der Waals surface area contributed by atoms with E-state index in [1.165, 1.54) is 16.4 Å². The highest BCUT2D eigenvalue weighted by Crippen LogP contribution is 2.29. The second-order valence-corrected chi connectivity index (χ2v) is 8.55. The standard InChI is InChI=1S/C13H16BrClFNO3S/c1-13(2)8-17(3-4-20-13)21(18,19)11-6-10(14)5-9(7-15)12(11)16/h5-6H,3-4,7-8H2,1-2H3. The van der Waals surface area contributed by atoms with Gasteiger partial charge >= 0.3 is 0 Å². The molecule has 21 heavy (non-hydrogen) atoms. The fourth-order valence-corrected chi connectivity index (χ4v) is 4.78. The quantitative estimate of drug-likeness (QED) is 0.732. The number of sulfonamides is 1. The molecule has 0 saturated carbocycles. The molecule has 0 unspecified atom stereocenters. The monoisotopic (exact) mass is 399 g/mol. The van der Waals surface area contributed by atoms with Gasteiger partial charge in [-0.3, -0.25) is 0 Å². The lowest BCUT2D eigenvalue weighted by Gasteiger charge is -2.37. The third-order valence-corrected chi connectivity index (χ3v) is 5.82. The first kappa shape index (κ1) is 17.1. The molecule has 1 aliphatic heterocycles. The van der Waals surface area contributed by atoms with Crippen molar-refractivity contribution in [2.75, 3.05) is 19.7 Å². The predicted octanol–water partition coefficient (Wildman–Crippen LogP) is 3.13. The fraction of sp³-hybridized carbons (Fsp3) is 0.538. The average Bonchev–Trinajstić information content (AvgIpc) is 2.39. The van der Waals surface area contributed by atoms with Crippen molar-refractivity contribution in [1.29, 1.82) is 0 Å². The molecule has 2 rings (SSSR count). The van der Waals surface area contributed by atoms with Crippen LogP contribution in [0.25, 0.3) is 0 Å². The molecule has 1 fully saturated rings. The number of hydrogen-bond donors (Lipinski definition) is 0. The van der Waals surface area contributed by atoms with Gasteiger partial charge < -0.3 is 4.74 Å². The molecule has 0 amide bonds. The van der Waals surface area contributed by atoms with Crippen molar-refractivity contribution in [3.63, 3.8) is 0 Å². The van der Waals surface area contributed by atoms with Gasteiger partial charge in [-0.25, -0.2) is 12.8 Å². The fourth-order valence-electron chi connectivity index (χ4n) is 2.22. The molecule has 0 aliphatic carbocycles. The van der Waals surface area contributed by atoms with Gasteiger partial charge in [-0.1, -0.05) is 15.9 Å². The van der Waals surface area contributed by atoms with Crippen LogP contribution in [0, 0.1) is 5.82 Å². The zero-order valence-corrected chi connectivity index (χ0v) is 14.9. The Morgan fingerprint density at radius 3 is 2.71 bits per heavy atom. The second-order valence-electron chi connectivity index (χ2n) is 5.46. The minimum absolute atomic E-state index is 0.0948. The Balaban J connectivity index is 2.47. The maximum absolute atomic E-state index is 14.4. The van der Waals surface area contributed by atoms with E-state index in [-0.39, 0.29) is 36.0 Å². The van der Waals surface area contributed by atoms with Gasteiger partial charge in [0, 0.05) is 23.1 Å². The maximum Gasteiger partial charge on any atom is 0.246 e. The van der Waals surface area contributed by atoms with E-state index < -0.39 is 21.4 Å². The molecule has 0 spiro atoms. The van der Waals surface area contributed by atoms with Gasteiger partial charge in [-0.15, -0.1) is 11.6 Å². The number of alkyl halides is 1. The molecule has 118 valence electrons. The van der Waals surface area contributed by atoms with E-state index in [1.807, 2.05) is 0 Å². The lowest BCUT2D eigenvalue weighted by Crippen LogP contribution is -2.50. The van der Waals surface area contributed by atoms with Crippen molar-refractivity contribution in [2.24, 2.45) is 0 Å². The van der Waals surface area contributed by atoms with Crippen molar-refractivity contribution in [1.82, 2.24) is 4.31 Å². The summed E-state index contributed by atoms with van der Waals surface area (Å²) < 4.78 is 46.9. The van der Waals surface area contributed by atoms with Gasteiger partial charge in [-0.2, -0.15) is 4.31 Å². The van der Waals surface area contributed by atoms with Crippen LogP contribution in [-0.4, -0.2) is 38.0 Å². The Morgan fingerprint density at radius 2 is 2.14 bits per heavy atom.